The summed E-state index contributed by atoms with van der Waals surface area (Å²) in [6.45, 7) is 4.74. The summed E-state index contributed by atoms with van der Waals surface area (Å²) in [7, 11) is 2.17. The predicted octanol–water partition coefficient (Wildman–Crippen LogP) is 3.13. The molecule has 2 aromatic rings. The van der Waals surface area contributed by atoms with Crippen LogP contribution in [0.3, 0.4) is 0 Å². The third-order valence-corrected chi connectivity index (χ3v) is 5.53. The third kappa shape index (κ3) is 3.43. The zero-order valence-corrected chi connectivity index (χ0v) is 14.3. The van der Waals surface area contributed by atoms with Gasteiger partial charge in [-0.15, -0.1) is 0 Å². The van der Waals surface area contributed by atoms with Crippen LogP contribution in [-0.2, 0) is 17.8 Å². The van der Waals surface area contributed by atoms with Gasteiger partial charge in [-0.25, -0.2) is 0 Å². The molecule has 4 rings (SSSR count). The second-order valence-corrected chi connectivity index (χ2v) is 7.20. The molecule has 5 nitrogen and oxygen atoms in total. The topological polar surface area (TPSA) is 42.0 Å². The van der Waals surface area contributed by atoms with E-state index in [1.807, 2.05) is 18.2 Å². The van der Waals surface area contributed by atoms with Gasteiger partial charge in [0.2, 0.25) is 0 Å². The fourth-order valence-electron chi connectivity index (χ4n) is 3.97. The first-order chi connectivity index (χ1) is 11.7. The second-order valence-electron chi connectivity index (χ2n) is 7.20. The van der Waals surface area contributed by atoms with Crippen LogP contribution in [0.15, 0.2) is 45.6 Å². The van der Waals surface area contributed by atoms with Gasteiger partial charge in [0.25, 0.3) is 0 Å². The summed E-state index contributed by atoms with van der Waals surface area (Å²) in [5.74, 6) is 2.07. The Hall–Kier alpha value is -1.56. The summed E-state index contributed by atoms with van der Waals surface area (Å²) in [5, 5.41) is 0. The maximum Gasteiger partial charge on any atom is 0.117 e. The highest BCUT2D eigenvalue weighted by Gasteiger charge is 2.43. The van der Waals surface area contributed by atoms with Gasteiger partial charge in [0, 0.05) is 19.1 Å². The molecular weight excluding hydrogens is 304 g/mol. The summed E-state index contributed by atoms with van der Waals surface area (Å²) in [6.07, 6.45) is 6.83. The SMILES string of the molecule is CN(Cc1ccco1)[C@@H]1COC2(CCN(Cc3ccco3)CC2)C1. The lowest BCUT2D eigenvalue weighted by atomic mass is 9.87. The molecule has 0 amide bonds. The molecule has 2 fully saturated rings. The minimum atomic E-state index is 0.0712. The monoisotopic (exact) mass is 330 g/mol. The van der Waals surface area contributed by atoms with Gasteiger partial charge >= 0.3 is 0 Å². The fraction of sp³-hybridized carbons (Fsp3) is 0.579. The van der Waals surface area contributed by atoms with Gasteiger partial charge in [-0.2, -0.15) is 0 Å². The molecule has 130 valence electrons. The molecule has 4 heterocycles. The smallest absolute Gasteiger partial charge is 0.117 e. The standard InChI is InChI=1S/C19H26N2O3/c1-20(13-17-4-2-10-22-17)16-12-19(24-15-16)6-8-21(9-7-19)14-18-5-3-11-23-18/h2-5,10-11,16H,6-9,12-15H2,1H3/t16-/m0/s1. The van der Waals surface area contributed by atoms with Gasteiger partial charge < -0.3 is 13.6 Å². The highest BCUT2D eigenvalue weighted by molar-refractivity contribution is 5.02. The molecule has 5 heteroatoms. The molecule has 0 aromatic carbocycles. The summed E-state index contributed by atoms with van der Waals surface area (Å²) in [6, 6.07) is 8.47. The van der Waals surface area contributed by atoms with E-state index in [9.17, 15) is 0 Å². The van der Waals surface area contributed by atoms with Crippen molar-refractivity contribution in [3.63, 3.8) is 0 Å². The van der Waals surface area contributed by atoms with Gasteiger partial charge in [-0.05, 0) is 50.6 Å². The summed E-state index contributed by atoms with van der Waals surface area (Å²) < 4.78 is 17.2. The highest BCUT2D eigenvalue weighted by atomic mass is 16.5. The zero-order chi connectivity index (χ0) is 16.4. The Morgan fingerprint density at radius 2 is 1.83 bits per heavy atom. The van der Waals surface area contributed by atoms with Crippen molar-refractivity contribution in [2.24, 2.45) is 0 Å². The van der Waals surface area contributed by atoms with Crippen LogP contribution in [-0.4, -0.2) is 48.2 Å². The van der Waals surface area contributed by atoms with Crippen molar-refractivity contribution in [1.82, 2.24) is 9.80 Å². The first kappa shape index (κ1) is 15.9. The van der Waals surface area contributed by atoms with Crippen molar-refractivity contribution in [1.29, 1.82) is 0 Å². The van der Waals surface area contributed by atoms with Crippen LogP contribution >= 0.6 is 0 Å². The largest absolute Gasteiger partial charge is 0.468 e. The van der Waals surface area contributed by atoms with E-state index in [1.54, 1.807) is 12.5 Å². The van der Waals surface area contributed by atoms with E-state index in [0.717, 1.165) is 63.6 Å². The average Bonchev–Trinajstić information content (AvgIpc) is 3.33. The van der Waals surface area contributed by atoms with Crippen molar-refractivity contribution in [2.75, 3.05) is 26.7 Å². The molecule has 2 aliphatic heterocycles. The van der Waals surface area contributed by atoms with E-state index >= 15 is 0 Å². The zero-order valence-electron chi connectivity index (χ0n) is 14.3. The summed E-state index contributed by atoms with van der Waals surface area (Å²) >= 11 is 0. The van der Waals surface area contributed by atoms with Crippen molar-refractivity contribution in [3.8, 4) is 0 Å². The van der Waals surface area contributed by atoms with Gasteiger partial charge in [0.1, 0.15) is 11.5 Å². The van der Waals surface area contributed by atoms with Crippen molar-refractivity contribution in [3.05, 3.63) is 48.3 Å². The van der Waals surface area contributed by atoms with Crippen LogP contribution in [0.5, 0.6) is 0 Å². The van der Waals surface area contributed by atoms with Crippen LogP contribution in [0.1, 0.15) is 30.8 Å². The minimum absolute atomic E-state index is 0.0712. The van der Waals surface area contributed by atoms with Crippen molar-refractivity contribution in [2.45, 2.75) is 44.0 Å². The lowest BCUT2D eigenvalue weighted by Gasteiger charge is -2.38. The maximum atomic E-state index is 6.30. The van der Waals surface area contributed by atoms with Gasteiger partial charge in [0.15, 0.2) is 0 Å². The summed E-state index contributed by atoms with van der Waals surface area (Å²) in [4.78, 5) is 4.83. The van der Waals surface area contributed by atoms with Crippen molar-refractivity contribution < 1.29 is 13.6 Å². The number of hydrogen-bond acceptors (Lipinski definition) is 5. The van der Waals surface area contributed by atoms with Gasteiger partial charge in [-0.1, -0.05) is 0 Å². The van der Waals surface area contributed by atoms with Crippen LogP contribution in [0, 0.1) is 0 Å². The van der Waals surface area contributed by atoms with E-state index in [2.05, 4.69) is 22.9 Å². The lowest BCUT2D eigenvalue weighted by Crippen LogP contribution is -2.44. The van der Waals surface area contributed by atoms with Crippen LogP contribution in [0.4, 0.5) is 0 Å². The highest BCUT2D eigenvalue weighted by Crippen LogP contribution is 2.38. The molecule has 0 N–H and O–H groups in total. The maximum absolute atomic E-state index is 6.30. The van der Waals surface area contributed by atoms with Gasteiger partial charge in [-0.3, -0.25) is 9.80 Å². The normalized spacial score (nSPS) is 24.2. The third-order valence-electron chi connectivity index (χ3n) is 5.53. The minimum Gasteiger partial charge on any atom is -0.468 e. The molecule has 1 atom stereocenters. The Morgan fingerprint density at radius 1 is 1.12 bits per heavy atom. The lowest BCUT2D eigenvalue weighted by molar-refractivity contribution is -0.0461. The van der Waals surface area contributed by atoms with E-state index in [0.29, 0.717) is 6.04 Å². The Labute approximate surface area is 143 Å². The Kier molecular flexibility index (Phi) is 4.48. The Morgan fingerprint density at radius 3 is 2.50 bits per heavy atom. The van der Waals surface area contributed by atoms with E-state index in [-0.39, 0.29) is 5.60 Å². The molecule has 0 aliphatic carbocycles. The number of likely N-dealkylation sites (N-methyl/N-ethyl adjacent to an activating group) is 1. The predicted molar refractivity (Wildman–Crippen MR) is 90.5 cm³/mol. The molecule has 24 heavy (non-hydrogen) atoms. The molecule has 1 spiro atoms. The number of ether oxygens (including phenoxy) is 1. The van der Waals surface area contributed by atoms with Crippen LogP contribution in [0.2, 0.25) is 0 Å². The fourth-order valence-corrected chi connectivity index (χ4v) is 3.97. The molecule has 0 bridgehead atoms. The number of rotatable bonds is 5. The van der Waals surface area contributed by atoms with E-state index < -0.39 is 0 Å². The molecule has 0 saturated carbocycles. The molecular formula is C19H26N2O3. The second kappa shape index (κ2) is 6.75. The van der Waals surface area contributed by atoms with E-state index in [4.69, 9.17) is 13.6 Å². The number of likely N-dealkylation sites (tertiary alicyclic amines) is 1. The van der Waals surface area contributed by atoms with Crippen molar-refractivity contribution >= 4 is 0 Å². The van der Waals surface area contributed by atoms with E-state index in [1.165, 1.54) is 0 Å². The first-order valence-corrected chi connectivity index (χ1v) is 8.84. The van der Waals surface area contributed by atoms with Gasteiger partial charge in [0.05, 0.1) is 37.8 Å². The number of nitrogens with zero attached hydrogens (tertiary/aromatic N) is 2. The Balaban J connectivity index is 1.28. The van der Waals surface area contributed by atoms with Crippen LogP contribution in [0.25, 0.3) is 0 Å². The summed E-state index contributed by atoms with van der Waals surface area (Å²) in [5.41, 5.74) is 0.0712. The molecule has 0 unspecified atom stereocenters. The molecule has 2 aromatic heterocycles. The average molecular weight is 330 g/mol. The Bertz CT molecular complexity index is 615. The number of hydrogen-bond donors (Lipinski definition) is 0. The quantitative estimate of drug-likeness (QED) is 0.842. The molecule has 0 radical (unpaired) electrons. The molecule has 2 aliphatic rings. The molecule has 2 saturated heterocycles. The van der Waals surface area contributed by atoms with Crippen LogP contribution < -0.4 is 0 Å². The number of furan rings is 2. The first-order valence-electron chi connectivity index (χ1n) is 8.84. The number of piperidine rings is 1.